The SMILES string of the molecule is CC[C@H](C)c1nc2ccc(Br)cc2c(=O)n1N=Cc1cc(I)c(OCc2cccc(C(=O)O)c2)c(I)c1. The average molecular weight is 786 g/mol. The lowest BCUT2D eigenvalue weighted by molar-refractivity contribution is 0.0696. The van der Waals surface area contributed by atoms with Crippen molar-refractivity contribution in [3.05, 3.63) is 99.1 Å². The summed E-state index contributed by atoms with van der Waals surface area (Å²) in [6, 6.07) is 16.0. The quantitative estimate of drug-likeness (QED) is 0.153. The van der Waals surface area contributed by atoms with Crippen molar-refractivity contribution in [1.82, 2.24) is 9.66 Å². The van der Waals surface area contributed by atoms with Gasteiger partial charge >= 0.3 is 5.97 Å². The van der Waals surface area contributed by atoms with Crippen LogP contribution in [0.5, 0.6) is 5.75 Å². The third kappa shape index (κ3) is 6.40. The summed E-state index contributed by atoms with van der Waals surface area (Å²) in [5.74, 6) is 0.397. The first-order valence-corrected chi connectivity index (χ1v) is 14.3. The van der Waals surface area contributed by atoms with Crippen LogP contribution in [-0.2, 0) is 6.61 Å². The van der Waals surface area contributed by atoms with Crippen LogP contribution in [0, 0.1) is 7.14 Å². The number of rotatable bonds is 8. The zero-order chi connectivity index (χ0) is 26.7. The normalized spacial score (nSPS) is 12.2. The van der Waals surface area contributed by atoms with Crippen LogP contribution in [0.25, 0.3) is 10.9 Å². The zero-order valence-electron chi connectivity index (χ0n) is 19.9. The number of nitrogens with zero attached hydrogens (tertiary/aromatic N) is 3. The van der Waals surface area contributed by atoms with Gasteiger partial charge in [-0.2, -0.15) is 9.78 Å². The maximum Gasteiger partial charge on any atom is 0.335 e. The van der Waals surface area contributed by atoms with Gasteiger partial charge in [0, 0.05) is 10.4 Å². The molecule has 3 aromatic carbocycles. The van der Waals surface area contributed by atoms with E-state index >= 15 is 0 Å². The fourth-order valence-corrected chi connectivity index (χ4v) is 6.13. The molecule has 1 atom stereocenters. The Bertz CT molecular complexity index is 1560. The molecule has 0 spiro atoms. The highest BCUT2D eigenvalue weighted by Gasteiger charge is 2.16. The Labute approximate surface area is 249 Å². The van der Waals surface area contributed by atoms with E-state index in [1.54, 1.807) is 30.5 Å². The number of carboxylic acid groups (broad SMARTS) is 1. The van der Waals surface area contributed by atoms with Gasteiger partial charge in [0.15, 0.2) is 0 Å². The summed E-state index contributed by atoms with van der Waals surface area (Å²) in [4.78, 5) is 29.3. The maximum absolute atomic E-state index is 13.3. The second-order valence-electron chi connectivity index (χ2n) is 8.41. The van der Waals surface area contributed by atoms with E-state index in [0.717, 1.165) is 29.2 Å². The van der Waals surface area contributed by atoms with E-state index in [9.17, 15) is 14.7 Å². The summed E-state index contributed by atoms with van der Waals surface area (Å²) >= 11 is 7.83. The van der Waals surface area contributed by atoms with Gasteiger partial charge in [-0.1, -0.05) is 41.9 Å². The van der Waals surface area contributed by atoms with Crippen molar-refractivity contribution in [1.29, 1.82) is 0 Å². The average Bonchev–Trinajstić information content (AvgIpc) is 2.87. The van der Waals surface area contributed by atoms with Crippen molar-refractivity contribution < 1.29 is 14.6 Å². The lowest BCUT2D eigenvalue weighted by atomic mass is 10.1. The van der Waals surface area contributed by atoms with Gasteiger partial charge < -0.3 is 9.84 Å². The van der Waals surface area contributed by atoms with E-state index in [0.29, 0.717) is 22.5 Å². The number of benzene rings is 3. The molecule has 0 aliphatic carbocycles. The number of fused-ring (bicyclic) bond motifs is 1. The number of hydrogen-bond donors (Lipinski definition) is 1. The van der Waals surface area contributed by atoms with Crippen LogP contribution in [0.1, 0.15) is 53.5 Å². The third-order valence-corrected chi connectivity index (χ3v) is 7.88. The lowest BCUT2D eigenvalue weighted by Gasteiger charge is -2.14. The Morgan fingerprint density at radius 1 is 1.19 bits per heavy atom. The summed E-state index contributed by atoms with van der Waals surface area (Å²) < 4.78 is 9.97. The second kappa shape index (κ2) is 12.0. The molecule has 190 valence electrons. The predicted molar refractivity (Wildman–Crippen MR) is 165 cm³/mol. The molecule has 1 N–H and O–H groups in total. The minimum atomic E-state index is -0.973. The summed E-state index contributed by atoms with van der Waals surface area (Å²) in [7, 11) is 0. The number of aromatic nitrogens is 2. The Hall–Kier alpha value is -2.32. The maximum atomic E-state index is 13.3. The Balaban J connectivity index is 1.64. The van der Waals surface area contributed by atoms with Gasteiger partial charge in [-0.15, -0.1) is 0 Å². The molecule has 4 rings (SSSR count). The van der Waals surface area contributed by atoms with Gasteiger partial charge in [-0.3, -0.25) is 4.79 Å². The Morgan fingerprint density at radius 3 is 2.59 bits per heavy atom. The van der Waals surface area contributed by atoms with Gasteiger partial charge in [0.25, 0.3) is 5.56 Å². The molecule has 0 radical (unpaired) electrons. The molecule has 1 aromatic heterocycles. The molecule has 7 nitrogen and oxygen atoms in total. The number of hydrogen-bond acceptors (Lipinski definition) is 5. The first-order chi connectivity index (χ1) is 17.7. The fraction of sp³-hybridized carbons (Fsp3) is 0.185. The smallest absolute Gasteiger partial charge is 0.335 e. The first kappa shape index (κ1) is 27.7. The topological polar surface area (TPSA) is 93.8 Å². The van der Waals surface area contributed by atoms with E-state index in [1.807, 2.05) is 37.3 Å². The van der Waals surface area contributed by atoms with Crippen molar-refractivity contribution in [2.45, 2.75) is 32.8 Å². The molecule has 0 bridgehead atoms. The minimum absolute atomic E-state index is 0.0496. The summed E-state index contributed by atoms with van der Waals surface area (Å²) in [6.07, 6.45) is 2.48. The number of halogens is 3. The highest BCUT2D eigenvalue weighted by atomic mass is 127. The molecule has 10 heteroatoms. The molecule has 37 heavy (non-hydrogen) atoms. The molecule has 4 aromatic rings. The fourth-order valence-electron chi connectivity index (χ4n) is 3.65. The van der Waals surface area contributed by atoms with E-state index in [1.165, 1.54) is 4.68 Å². The monoisotopic (exact) mass is 785 g/mol. The number of carbonyl (C=O) groups is 1. The zero-order valence-corrected chi connectivity index (χ0v) is 25.8. The number of aromatic carboxylic acids is 1. The van der Waals surface area contributed by atoms with Crippen molar-refractivity contribution in [2.75, 3.05) is 0 Å². The largest absolute Gasteiger partial charge is 0.487 e. The van der Waals surface area contributed by atoms with Crippen LogP contribution in [0.3, 0.4) is 0 Å². The van der Waals surface area contributed by atoms with E-state index in [2.05, 4.69) is 73.1 Å². The molecule has 0 saturated heterocycles. The third-order valence-electron chi connectivity index (χ3n) is 5.79. The second-order valence-corrected chi connectivity index (χ2v) is 11.7. The standard InChI is InChI=1S/C27H22BrI2N3O4/c1-3-15(2)25-32-23-8-7-19(28)12-20(23)26(34)33(25)31-13-17-10-21(29)24(22(30)11-17)37-14-16-5-4-6-18(9-16)27(35)36/h4-13,15H,3,14H2,1-2H3,(H,35,36)/t15-/m0/s1. The van der Waals surface area contributed by atoms with E-state index < -0.39 is 5.97 Å². The Morgan fingerprint density at radius 2 is 1.92 bits per heavy atom. The molecular formula is C27H22BrI2N3O4. The molecule has 0 fully saturated rings. The van der Waals surface area contributed by atoms with Crippen LogP contribution in [-0.4, -0.2) is 27.0 Å². The lowest BCUT2D eigenvalue weighted by Crippen LogP contribution is -2.23. The highest BCUT2D eigenvalue weighted by Crippen LogP contribution is 2.29. The first-order valence-electron chi connectivity index (χ1n) is 11.4. The van der Waals surface area contributed by atoms with Crippen molar-refractivity contribution in [3.8, 4) is 5.75 Å². The van der Waals surface area contributed by atoms with Crippen LogP contribution in [0.15, 0.2) is 69.0 Å². The number of carboxylic acids is 1. The molecule has 0 unspecified atom stereocenters. The summed E-state index contributed by atoms with van der Waals surface area (Å²) in [5.41, 5.74) is 2.23. The van der Waals surface area contributed by atoms with E-state index in [4.69, 9.17) is 9.72 Å². The van der Waals surface area contributed by atoms with Crippen LogP contribution in [0.4, 0.5) is 0 Å². The minimum Gasteiger partial charge on any atom is -0.487 e. The van der Waals surface area contributed by atoms with Crippen molar-refractivity contribution in [3.63, 3.8) is 0 Å². The van der Waals surface area contributed by atoms with Gasteiger partial charge in [-0.05, 0) is 105 Å². The highest BCUT2D eigenvalue weighted by molar-refractivity contribution is 14.1. The van der Waals surface area contributed by atoms with Crippen LogP contribution < -0.4 is 10.3 Å². The predicted octanol–water partition coefficient (Wildman–Crippen LogP) is 7.04. The van der Waals surface area contributed by atoms with Gasteiger partial charge in [0.05, 0.1) is 29.8 Å². The molecule has 0 aliphatic heterocycles. The Kier molecular flexibility index (Phi) is 9.01. The summed E-state index contributed by atoms with van der Waals surface area (Å²) in [6.45, 7) is 4.33. The van der Waals surface area contributed by atoms with Gasteiger partial charge in [0.2, 0.25) is 0 Å². The summed E-state index contributed by atoms with van der Waals surface area (Å²) in [5, 5.41) is 14.3. The molecule has 0 amide bonds. The molecular weight excluding hydrogens is 764 g/mol. The van der Waals surface area contributed by atoms with Crippen molar-refractivity contribution >= 4 is 84.2 Å². The van der Waals surface area contributed by atoms with Crippen LogP contribution in [0.2, 0.25) is 0 Å². The van der Waals surface area contributed by atoms with E-state index in [-0.39, 0.29) is 23.6 Å². The molecule has 0 saturated carbocycles. The van der Waals surface area contributed by atoms with Crippen molar-refractivity contribution in [2.24, 2.45) is 5.10 Å². The van der Waals surface area contributed by atoms with Crippen LogP contribution >= 0.6 is 61.1 Å². The van der Waals surface area contributed by atoms with Gasteiger partial charge in [0.1, 0.15) is 18.2 Å². The van der Waals surface area contributed by atoms with Gasteiger partial charge in [-0.25, -0.2) is 9.78 Å². The molecule has 0 aliphatic rings. The molecule has 1 heterocycles. The number of ether oxygens (including phenoxy) is 1.